The van der Waals surface area contributed by atoms with Crippen molar-refractivity contribution in [1.82, 2.24) is 9.97 Å². The zero-order chi connectivity index (χ0) is 28.9. The van der Waals surface area contributed by atoms with Crippen LogP contribution in [0.5, 0.6) is 0 Å². The van der Waals surface area contributed by atoms with Crippen LogP contribution in [0, 0.1) is 18.2 Å². The summed E-state index contributed by atoms with van der Waals surface area (Å²) in [5.41, 5.74) is 7.06. The molecule has 0 N–H and O–H groups in total. The van der Waals surface area contributed by atoms with Gasteiger partial charge >= 0.3 is 0 Å². The molecule has 0 aliphatic carbocycles. The number of nitriles is 1. The molecule has 38 heavy (non-hydrogen) atoms. The lowest BCUT2D eigenvalue weighted by molar-refractivity contribution is 0.567. The van der Waals surface area contributed by atoms with Crippen LogP contribution < -0.4 is 0 Å². The second-order valence-electron chi connectivity index (χ2n) is 10.4. The molecule has 184 valence electrons. The summed E-state index contributed by atoms with van der Waals surface area (Å²) in [4.78, 5) is 8.98. The highest BCUT2D eigenvalue weighted by Crippen LogP contribution is 2.42. The van der Waals surface area contributed by atoms with Crippen LogP contribution in [0.3, 0.4) is 0 Å². The number of hydrogen-bond acceptors (Lipinski definition) is 4. The molecular formula is C34H27N3O. The average Bonchev–Trinajstić information content (AvgIpc) is 3.35. The van der Waals surface area contributed by atoms with Crippen LogP contribution >= 0.6 is 0 Å². The standard InChI is InChI=1S/C34H27N3O/c1-21-10-16-26(28-18-29(34(2,3)4)37-20-36-28)32-30(21)27-17-15-25(19-35)31(33(27)38-32)24-13-11-23(12-14-24)22-8-6-5-7-9-22/h5-18,20H,1-4H3/i1D3. The second kappa shape index (κ2) is 8.97. The molecule has 0 bridgehead atoms. The van der Waals surface area contributed by atoms with E-state index in [9.17, 15) is 5.26 Å². The first-order chi connectivity index (χ1) is 19.6. The van der Waals surface area contributed by atoms with Gasteiger partial charge in [0, 0.05) is 37.1 Å². The molecule has 6 rings (SSSR count). The van der Waals surface area contributed by atoms with Gasteiger partial charge in [0.25, 0.3) is 0 Å². The predicted molar refractivity (Wildman–Crippen MR) is 154 cm³/mol. The summed E-state index contributed by atoms with van der Waals surface area (Å²) >= 11 is 0. The van der Waals surface area contributed by atoms with Gasteiger partial charge in [-0.25, -0.2) is 9.97 Å². The van der Waals surface area contributed by atoms with Gasteiger partial charge in [-0.3, -0.25) is 0 Å². The van der Waals surface area contributed by atoms with Crippen molar-refractivity contribution in [1.29, 1.82) is 5.26 Å². The Kier molecular flexibility index (Phi) is 4.80. The predicted octanol–water partition coefficient (Wildman–Crippen LogP) is 8.85. The Bertz CT molecular complexity index is 1960. The molecule has 2 aromatic heterocycles. The number of hydrogen-bond donors (Lipinski definition) is 0. The van der Waals surface area contributed by atoms with Crippen molar-refractivity contribution in [2.75, 3.05) is 0 Å². The summed E-state index contributed by atoms with van der Waals surface area (Å²) in [7, 11) is 0. The maximum absolute atomic E-state index is 10.1. The molecule has 2 heterocycles. The minimum atomic E-state index is -2.37. The number of furan rings is 1. The largest absolute Gasteiger partial charge is 0.455 e. The third kappa shape index (κ3) is 3.93. The number of benzene rings is 4. The molecule has 0 aliphatic rings. The average molecular weight is 497 g/mol. The molecule has 0 unspecified atom stereocenters. The van der Waals surface area contributed by atoms with Crippen LogP contribution in [0.4, 0.5) is 0 Å². The summed E-state index contributed by atoms with van der Waals surface area (Å²) in [5.74, 6) is 0. The zero-order valence-corrected chi connectivity index (χ0v) is 21.4. The summed E-state index contributed by atoms with van der Waals surface area (Å²) in [5, 5.41) is 11.2. The monoisotopic (exact) mass is 496 g/mol. The number of aromatic nitrogens is 2. The Morgan fingerprint density at radius 2 is 1.55 bits per heavy atom. The van der Waals surface area contributed by atoms with Crippen molar-refractivity contribution < 1.29 is 8.53 Å². The van der Waals surface area contributed by atoms with Crippen LogP contribution in [0.2, 0.25) is 0 Å². The lowest BCUT2D eigenvalue weighted by Crippen LogP contribution is -2.13. The van der Waals surface area contributed by atoms with E-state index in [0.717, 1.165) is 22.4 Å². The molecule has 0 saturated heterocycles. The van der Waals surface area contributed by atoms with Gasteiger partial charge in [0.15, 0.2) is 0 Å². The fraction of sp³-hybridized carbons (Fsp3) is 0.147. The molecule has 4 nitrogen and oxygen atoms in total. The summed E-state index contributed by atoms with van der Waals surface area (Å²) in [6.07, 6.45) is 1.52. The van der Waals surface area contributed by atoms with E-state index in [4.69, 9.17) is 8.53 Å². The van der Waals surface area contributed by atoms with Gasteiger partial charge in [-0.15, -0.1) is 0 Å². The van der Waals surface area contributed by atoms with E-state index in [1.807, 2.05) is 60.7 Å². The van der Waals surface area contributed by atoms with Gasteiger partial charge < -0.3 is 4.42 Å². The quantitative estimate of drug-likeness (QED) is 0.245. The van der Waals surface area contributed by atoms with Crippen LogP contribution in [0.1, 0.15) is 41.7 Å². The molecule has 0 fully saturated rings. The van der Waals surface area contributed by atoms with Gasteiger partial charge in [0.2, 0.25) is 0 Å². The van der Waals surface area contributed by atoms with Crippen molar-refractivity contribution in [3.8, 4) is 39.6 Å². The summed E-state index contributed by atoms with van der Waals surface area (Å²) < 4.78 is 31.4. The van der Waals surface area contributed by atoms with Gasteiger partial charge in [-0.1, -0.05) is 81.4 Å². The third-order valence-electron chi connectivity index (χ3n) is 6.90. The Morgan fingerprint density at radius 1 is 0.816 bits per heavy atom. The van der Waals surface area contributed by atoms with E-state index in [0.29, 0.717) is 44.3 Å². The SMILES string of the molecule is [2H]C([2H])([2H])c1ccc(-c2cc(C(C)(C)C)ncn2)c2oc3c(-c4ccc(-c5ccccc5)cc4)c(C#N)ccc3c12. The molecule has 0 amide bonds. The number of fused-ring (bicyclic) bond motifs is 3. The van der Waals surface area contributed by atoms with Crippen molar-refractivity contribution in [2.24, 2.45) is 0 Å². The maximum Gasteiger partial charge on any atom is 0.145 e. The first-order valence-electron chi connectivity index (χ1n) is 14.0. The fourth-order valence-corrected chi connectivity index (χ4v) is 4.90. The Hall–Kier alpha value is -4.75. The maximum atomic E-state index is 10.1. The second-order valence-corrected chi connectivity index (χ2v) is 10.4. The van der Waals surface area contributed by atoms with Gasteiger partial charge in [-0.2, -0.15) is 5.26 Å². The zero-order valence-electron chi connectivity index (χ0n) is 24.4. The summed E-state index contributed by atoms with van der Waals surface area (Å²) in [6, 6.07) is 29.1. The van der Waals surface area contributed by atoms with Crippen molar-refractivity contribution in [3.63, 3.8) is 0 Å². The van der Waals surface area contributed by atoms with Gasteiger partial charge in [0.05, 0.1) is 17.3 Å². The number of aryl methyl sites for hydroxylation is 1. The highest BCUT2D eigenvalue weighted by atomic mass is 16.3. The Balaban J connectivity index is 1.64. The topological polar surface area (TPSA) is 62.7 Å². The van der Waals surface area contributed by atoms with Gasteiger partial charge in [0.1, 0.15) is 17.5 Å². The Labute approximate surface area is 226 Å². The van der Waals surface area contributed by atoms with Gasteiger partial charge in [-0.05, 0) is 53.4 Å². The Morgan fingerprint density at radius 3 is 2.26 bits per heavy atom. The molecule has 0 atom stereocenters. The van der Waals surface area contributed by atoms with Crippen molar-refractivity contribution >= 4 is 21.9 Å². The molecule has 4 aromatic carbocycles. The van der Waals surface area contributed by atoms with Crippen molar-refractivity contribution in [3.05, 3.63) is 108 Å². The highest BCUT2D eigenvalue weighted by molar-refractivity contribution is 6.15. The molecular weight excluding hydrogens is 466 g/mol. The third-order valence-corrected chi connectivity index (χ3v) is 6.90. The highest BCUT2D eigenvalue weighted by Gasteiger charge is 2.22. The molecule has 4 heteroatoms. The molecule has 0 radical (unpaired) electrons. The van der Waals surface area contributed by atoms with E-state index in [-0.39, 0.29) is 11.0 Å². The first-order valence-corrected chi connectivity index (χ1v) is 12.5. The lowest BCUT2D eigenvalue weighted by Gasteiger charge is -2.17. The van der Waals surface area contributed by atoms with Crippen LogP contribution in [-0.4, -0.2) is 9.97 Å². The molecule has 0 spiro atoms. The molecule has 0 saturated carbocycles. The molecule has 6 aromatic rings. The smallest absolute Gasteiger partial charge is 0.145 e. The van der Waals surface area contributed by atoms with E-state index in [1.165, 1.54) is 6.33 Å². The minimum absolute atomic E-state index is 0.190. The summed E-state index contributed by atoms with van der Waals surface area (Å²) in [6.45, 7) is 3.85. The van der Waals surface area contributed by atoms with E-state index < -0.39 is 6.85 Å². The van der Waals surface area contributed by atoms with E-state index in [1.54, 1.807) is 24.3 Å². The molecule has 0 aliphatic heterocycles. The lowest BCUT2D eigenvalue weighted by atomic mass is 9.90. The van der Waals surface area contributed by atoms with E-state index >= 15 is 0 Å². The van der Waals surface area contributed by atoms with Crippen molar-refractivity contribution in [2.45, 2.75) is 33.0 Å². The van der Waals surface area contributed by atoms with E-state index in [2.05, 4.69) is 36.8 Å². The number of rotatable bonds is 3. The number of nitrogens with zero attached hydrogens (tertiary/aromatic N) is 3. The van der Waals surface area contributed by atoms with Crippen LogP contribution in [0.25, 0.3) is 55.4 Å². The fourth-order valence-electron chi connectivity index (χ4n) is 4.90. The van der Waals surface area contributed by atoms with Crippen LogP contribution in [0.15, 0.2) is 95.7 Å². The first kappa shape index (κ1) is 20.3. The minimum Gasteiger partial charge on any atom is -0.455 e. The normalized spacial score (nSPS) is 13.2. The van der Waals surface area contributed by atoms with Crippen LogP contribution in [-0.2, 0) is 5.41 Å².